The molecule has 8 heteroatoms. The number of fused-ring (bicyclic) bond motifs is 1. The number of benzene rings is 2. The highest BCUT2D eigenvalue weighted by atomic mass is 19.4. The van der Waals surface area contributed by atoms with Crippen LogP contribution in [0.3, 0.4) is 0 Å². The Morgan fingerprint density at radius 3 is 2.48 bits per heavy atom. The van der Waals surface area contributed by atoms with Gasteiger partial charge in [0.2, 0.25) is 5.91 Å². The van der Waals surface area contributed by atoms with Crippen LogP contribution in [-0.4, -0.2) is 15.5 Å². The Morgan fingerprint density at radius 1 is 1.15 bits per heavy atom. The van der Waals surface area contributed by atoms with E-state index in [1.165, 1.54) is 23.0 Å². The van der Waals surface area contributed by atoms with Gasteiger partial charge in [-0.1, -0.05) is 24.3 Å². The van der Waals surface area contributed by atoms with Crippen molar-refractivity contribution in [2.75, 3.05) is 0 Å². The lowest BCUT2D eigenvalue weighted by Gasteiger charge is -2.16. The molecule has 1 unspecified atom stereocenters. The van der Waals surface area contributed by atoms with Gasteiger partial charge in [-0.2, -0.15) is 13.2 Å². The lowest BCUT2D eigenvalue weighted by molar-refractivity contribution is -0.137. The van der Waals surface area contributed by atoms with Crippen molar-refractivity contribution in [2.45, 2.75) is 25.7 Å². The van der Waals surface area contributed by atoms with Crippen LogP contribution >= 0.6 is 0 Å². The van der Waals surface area contributed by atoms with E-state index in [4.69, 9.17) is 0 Å². The van der Waals surface area contributed by atoms with E-state index in [1.807, 2.05) is 0 Å². The topological polar surface area (TPSA) is 64.0 Å². The van der Waals surface area contributed by atoms with E-state index in [9.17, 15) is 22.8 Å². The van der Waals surface area contributed by atoms with Crippen LogP contribution in [0.4, 0.5) is 13.2 Å². The second kappa shape index (κ2) is 7.22. The average Bonchev–Trinajstić information content (AvgIpc) is 2.63. The lowest BCUT2D eigenvalue weighted by atomic mass is 10.1. The number of para-hydroxylation sites is 1. The normalized spacial score (nSPS) is 12.7. The standard InChI is InChI=1S/C19H16F3N3O2/c1-12(13-6-8-14(9-7-13)19(20,21)22)24-17(26)10-25-11-23-16-5-3-2-4-15(16)18(25)27/h2-9,11-12H,10H2,1H3,(H,24,26). The van der Waals surface area contributed by atoms with E-state index in [0.717, 1.165) is 12.1 Å². The molecule has 0 aliphatic heterocycles. The van der Waals surface area contributed by atoms with Crippen LogP contribution in [0.5, 0.6) is 0 Å². The SMILES string of the molecule is CC(NC(=O)Cn1cnc2ccccc2c1=O)c1ccc(C(F)(F)F)cc1. The number of hydrogen-bond acceptors (Lipinski definition) is 3. The fraction of sp³-hybridized carbons (Fsp3) is 0.211. The number of carbonyl (C=O) groups is 1. The van der Waals surface area contributed by atoms with Crippen molar-refractivity contribution in [2.24, 2.45) is 0 Å². The molecule has 0 fully saturated rings. The molecule has 1 N–H and O–H groups in total. The first-order valence-corrected chi connectivity index (χ1v) is 8.16. The van der Waals surface area contributed by atoms with Crippen molar-refractivity contribution in [1.82, 2.24) is 14.9 Å². The summed E-state index contributed by atoms with van der Waals surface area (Å²) in [6.07, 6.45) is -3.11. The van der Waals surface area contributed by atoms with E-state index >= 15 is 0 Å². The Labute approximate surface area is 152 Å². The highest BCUT2D eigenvalue weighted by Gasteiger charge is 2.30. The van der Waals surface area contributed by atoms with Crippen molar-refractivity contribution in [3.05, 3.63) is 76.3 Å². The first-order chi connectivity index (χ1) is 12.8. The summed E-state index contributed by atoms with van der Waals surface area (Å²) < 4.78 is 39.0. The molecule has 0 spiro atoms. The predicted molar refractivity (Wildman–Crippen MR) is 94.0 cm³/mol. The van der Waals surface area contributed by atoms with E-state index in [0.29, 0.717) is 16.5 Å². The largest absolute Gasteiger partial charge is 0.416 e. The van der Waals surface area contributed by atoms with Crippen LogP contribution in [0.1, 0.15) is 24.1 Å². The number of alkyl halides is 3. The van der Waals surface area contributed by atoms with Crippen LogP contribution in [0.15, 0.2) is 59.7 Å². The minimum Gasteiger partial charge on any atom is -0.348 e. The number of hydrogen-bond donors (Lipinski definition) is 1. The van der Waals surface area contributed by atoms with Crippen molar-refractivity contribution >= 4 is 16.8 Å². The lowest BCUT2D eigenvalue weighted by Crippen LogP contribution is -2.34. The summed E-state index contributed by atoms with van der Waals surface area (Å²) in [4.78, 5) is 28.8. The Hall–Kier alpha value is -3.16. The smallest absolute Gasteiger partial charge is 0.348 e. The molecule has 0 bridgehead atoms. The predicted octanol–water partition coefficient (Wildman–Crippen LogP) is 3.29. The van der Waals surface area contributed by atoms with Gasteiger partial charge in [-0.3, -0.25) is 14.2 Å². The second-order valence-electron chi connectivity index (χ2n) is 6.10. The number of rotatable bonds is 4. The van der Waals surface area contributed by atoms with Gasteiger partial charge < -0.3 is 5.32 Å². The van der Waals surface area contributed by atoms with Crippen LogP contribution < -0.4 is 10.9 Å². The maximum atomic E-state index is 12.6. The molecule has 3 aromatic rings. The zero-order chi connectivity index (χ0) is 19.6. The third-order valence-corrected chi connectivity index (χ3v) is 4.16. The second-order valence-corrected chi connectivity index (χ2v) is 6.10. The molecule has 0 saturated carbocycles. The van der Waals surface area contributed by atoms with E-state index < -0.39 is 23.7 Å². The third-order valence-electron chi connectivity index (χ3n) is 4.16. The van der Waals surface area contributed by atoms with E-state index in [-0.39, 0.29) is 12.1 Å². The summed E-state index contributed by atoms with van der Waals surface area (Å²) in [5.74, 6) is -0.443. The number of carbonyl (C=O) groups excluding carboxylic acids is 1. The number of nitrogens with one attached hydrogen (secondary N) is 1. The molecular formula is C19H16F3N3O2. The Kier molecular flexibility index (Phi) is 4.98. The molecule has 0 saturated heterocycles. The van der Waals surface area contributed by atoms with Crippen LogP contribution in [-0.2, 0) is 17.5 Å². The van der Waals surface area contributed by atoms with Gasteiger partial charge in [0.05, 0.1) is 28.8 Å². The molecule has 0 aliphatic rings. The third kappa shape index (κ3) is 4.16. The summed E-state index contributed by atoms with van der Waals surface area (Å²) in [7, 11) is 0. The Morgan fingerprint density at radius 2 is 1.81 bits per heavy atom. The summed E-state index contributed by atoms with van der Waals surface area (Å²) in [5, 5.41) is 3.08. The van der Waals surface area contributed by atoms with Crippen molar-refractivity contribution in [3.8, 4) is 0 Å². The first-order valence-electron chi connectivity index (χ1n) is 8.16. The van der Waals surface area contributed by atoms with Gasteiger partial charge in [-0.15, -0.1) is 0 Å². The average molecular weight is 375 g/mol. The summed E-state index contributed by atoms with van der Waals surface area (Å²) in [6, 6.07) is 10.9. The van der Waals surface area contributed by atoms with Gasteiger partial charge in [0, 0.05) is 0 Å². The molecule has 1 atom stereocenters. The fourth-order valence-electron chi connectivity index (χ4n) is 2.70. The Bertz CT molecular complexity index is 1030. The number of nitrogens with zero attached hydrogens (tertiary/aromatic N) is 2. The zero-order valence-electron chi connectivity index (χ0n) is 14.3. The highest BCUT2D eigenvalue weighted by molar-refractivity contribution is 5.79. The maximum absolute atomic E-state index is 12.6. The van der Waals surface area contributed by atoms with Crippen molar-refractivity contribution in [3.63, 3.8) is 0 Å². The molecule has 1 aromatic heterocycles. The van der Waals surface area contributed by atoms with Gasteiger partial charge in [-0.25, -0.2) is 4.98 Å². The molecule has 2 aromatic carbocycles. The van der Waals surface area contributed by atoms with Gasteiger partial charge in [-0.05, 0) is 36.8 Å². The van der Waals surface area contributed by atoms with E-state index in [1.54, 1.807) is 31.2 Å². The molecule has 1 heterocycles. The zero-order valence-corrected chi connectivity index (χ0v) is 14.3. The Balaban J connectivity index is 1.70. The van der Waals surface area contributed by atoms with Crippen LogP contribution in [0.25, 0.3) is 10.9 Å². The maximum Gasteiger partial charge on any atom is 0.416 e. The molecule has 0 aliphatic carbocycles. The number of amides is 1. The van der Waals surface area contributed by atoms with Crippen molar-refractivity contribution < 1.29 is 18.0 Å². The summed E-state index contributed by atoms with van der Waals surface area (Å²) >= 11 is 0. The van der Waals surface area contributed by atoms with Crippen LogP contribution in [0, 0.1) is 0 Å². The molecule has 3 rings (SSSR count). The minimum absolute atomic E-state index is 0.234. The molecular weight excluding hydrogens is 359 g/mol. The molecule has 27 heavy (non-hydrogen) atoms. The first kappa shape index (κ1) is 18.6. The monoisotopic (exact) mass is 375 g/mol. The van der Waals surface area contributed by atoms with Crippen molar-refractivity contribution in [1.29, 1.82) is 0 Å². The van der Waals surface area contributed by atoms with Gasteiger partial charge >= 0.3 is 6.18 Å². The molecule has 1 amide bonds. The fourth-order valence-corrected chi connectivity index (χ4v) is 2.70. The summed E-state index contributed by atoms with van der Waals surface area (Å²) in [6.45, 7) is 1.42. The van der Waals surface area contributed by atoms with Gasteiger partial charge in [0.1, 0.15) is 6.54 Å². The highest BCUT2D eigenvalue weighted by Crippen LogP contribution is 2.29. The number of halogens is 3. The quantitative estimate of drug-likeness (QED) is 0.761. The minimum atomic E-state index is -4.41. The summed E-state index contributed by atoms with van der Waals surface area (Å²) in [5.41, 5.74) is -0.0193. The molecule has 5 nitrogen and oxygen atoms in total. The number of aromatic nitrogens is 2. The van der Waals surface area contributed by atoms with Gasteiger partial charge in [0.15, 0.2) is 0 Å². The molecule has 0 radical (unpaired) electrons. The van der Waals surface area contributed by atoms with Gasteiger partial charge in [0.25, 0.3) is 5.56 Å². The molecule has 140 valence electrons. The van der Waals surface area contributed by atoms with Crippen LogP contribution in [0.2, 0.25) is 0 Å². The van der Waals surface area contributed by atoms with E-state index in [2.05, 4.69) is 10.3 Å².